The average Bonchev–Trinajstić information content (AvgIpc) is 2.78. The molecule has 3 aromatic rings. The summed E-state index contributed by atoms with van der Waals surface area (Å²) in [5, 5.41) is 3.81. The van der Waals surface area contributed by atoms with E-state index in [9.17, 15) is 13.6 Å². The number of halogens is 3. The number of anilines is 1. The number of aromatic nitrogens is 2. The maximum Gasteiger partial charge on any atom is 0.376 e. The van der Waals surface area contributed by atoms with Crippen molar-refractivity contribution in [2.75, 3.05) is 33.3 Å². The van der Waals surface area contributed by atoms with Crippen molar-refractivity contribution in [3.63, 3.8) is 0 Å². The molecule has 1 atom stereocenters. The highest BCUT2D eigenvalue weighted by Crippen LogP contribution is 2.34. The summed E-state index contributed by atoms with van der Waals surface area (Å²) in [5.74, 6) is -3.09. The van der Waals surface area contributed by atoms with Gasteiger partial charge in [-0.1, -0.05) is 18.2 Å². The lowest BCUT2D eigenvalue weighted by Crippen LogP contribution is -2.21. The molecule has 0 fully saturated rings. The van der Waals surface area contributed by atoms with E-state index in [4.69, 9.17) is 9.47 Å². The second-order valence-electron chi connectivity index (χ2n) is 7.02. The monoisotopic (exact) mass is 509 g/mol. The van der Waals surface area contributed by atoms with E-state index in [0.29, 0.717) is 32.5 Å². The Morgan fingerprint density at radius 3 is 2.59 bits per heavy atom. The van der Waals surface area contributed by atoms with Gasteiger partial charge in [0.15, 0.2) is 0 Å². The van der Waals surface area contributed by atoms with Crippen LogP contribution in [0, 0.1) is 0 Å². The molecule has 32 heavy (non-hydrogen) atoms. The first-order valence-corrected chi connectivity index (χ1v) is 10.4. The van der Waals surface area contributed by atoms with Gasteiger partial charge in [0.05, 0.1) is 24.2 Å². The second kappa shape index (κ2) is 9.74. The van der Waals surface area contributed by atoms with E-state index in [0.717, 1.165) is 0 Å². The molecule has 0 aliphatic heterocycles. The summed E-state index contributed by atoms with van der Waals surface area (Å²) >= 11 is 3.43. The van der Waals surface area contributed by atoms with Gasteiger partial charge >= 0.3 is 5.97 Å². The fourth-order valence-corrected chi connectivity index (χ4v) is 3.67. The molecule has 10 heteroatoms. The van der Waals surface area contributed by atoms with Crippen LogP contribution in [0.4, 0.5) is 14.6 Å². The summed E-state index contributed by atoms with van der Waals surface area (Å²) in [4.78, 5) is 20.7. The number of esters is 1. The van der Waals surface area contributed by atoms with Gasteiger partial charge in [-0.3, -0.25) is 0 Å². The molecule has 1 heterocycles. The highest BCUT2D eigenvalue weighted by Gasteiger charge is 2.32. The molecule has 7 nitrogen and oxygen atoms in total. The van der Waals surface area contributed by atoms with Crippen molar-refractivity contribution in [1.82, 2.24) is 9.97 Å². The largest absolute Gasteiger partial charge is 0.495 e. The first-order chi connectivity index (χ1) is 15.2. The summed E-state index contributed by atoms with van der Waals surface area (Å²) in [6.07, 6.45) is 0. The van der Waals surface area contributed by atoms with Gasteiger partial charge in [0.25, 0.3) is 5.92 Å². The topological polar surface area (TPSA) is 82.6 Å². The molecule has 0 spiro atoms. The highest BCUT2D eigenvalue weighted by atomic mass is 79.9. The van der Waals surface area contributed by atoms with Crippen molar-refractivity contribution < 1.29 is 27.8 Å². The standard InChI is InChI=1S/C22H22BrF2N3O4/c1-12(13-6-5-7-14(8-13)22(24,25)11-30-2)26-19-15-9-16(23)18(31-3)10-17(15)27-20(28-19)21(29)32-4/h5-10,12H,11H2,1-4H3,(H,26,27,28)/t12-/m1/s1. The van der Waals surface area contributed by atoms with Gasteiger partial charge in [0.2, 0.25) is 5.82 Å². The van der Waals surface area contributed by atoms with Crippen molar-refractivity contribution in [3.05, 3.63) is 57.8 Å². The molecule has 0 saturated heterocycles. The first kappa shape index (κ1) is 23.8. The fourth-order valence-electron chi connectivity index (χ4n) is 3.17. The van der Waals surface area contributed by atoms with Crippen LogP contribution in [-0.4, -0.2) is 43.9 Å². The van der Waals surface area contributed by atoms with E-state index in [2.05, 4.69) is 36.0 Å². The number of methoxy groups -OCH3 is 3. The van der Waals surface area contributed by atoms with Gasteiger partial charge in [0, 0.05) is 30.2 Å². The summed E-state index contributed by atoms with van der Waals surface area (Å²) in [5.41, 5.74) is 0.911. The van der Waals surface area contributed by atoms with Crippen LogP contribution in [0.1, 0.15) is 34.7 Å². The zero-order valence-corrected chi connectivity index (χ0v) is 19.5. The summed E-state index contributed by atoms with van der Waals surface area (Å²) < 4.78 is 44.0. The predicted octanol–water partition coefficient (Wildman–Crippen LogP) is 5.10. The summed E-state index contributed by atoms with van der Waals surface area (Å²) in [6.45, 7) is 1.09. The number of hydrogen-bond donors (Lipinski definition) is 1. The van der Waals surface area contributed by atoms with Crippen LogP contribution >= 0.6 is 15.9 Å². The molecule has 0 aliphatic rings. The number of alkyl halides is 2. The normalized spacial score (nSPS) is 12.5. The third-order valence-corrected chi connectivity index (χ3v) is 5.44. The van der Waals surface area contributed by atoms with Gasteiger partial charge in [-0.15, -0.1) is 0 Å². The molecule has 0 unspecified atom stereocenters. The van der Waals surface area contributed by atoms with Crippen LogP contribution in [0.3, 0.4) is 0 Å². The minimum atomic E-state index is -3.12. The third-order valence-electron chi connectivity index (χ3n) is 4.83. The van der Waals surface area contributed by atoms with Crippen LogP contribution in [-0.2, 0) is 15.4 Å². The van der Waals surface area contributed by atoms with E-state index in [1.54, 1.807) is 31.2 Å². The van der Waals surface area contributed by atoms with E-state index in [1.807, 2.05) is 0 Å². The third kappa shape index (κ3) is 4.97. The zero-order chi connectivity index (χ0) is 23.5. The van der Waals surface area contributed by atoms with Gasteiger partial charge in [0.1, 0.15) is 18.2 Å². The molecule has 170 valence electrons. The number of rotatable bonds is 8. The van der Waals surface area contributed by atoms with Crippen molar-refractivity contribution in [2.45, 2.75) is 18.9 Å². The van der Waals surface area contributed by atoms with Crippen molar-refractivity contribution in [1.29, 1.82) is 0 Å². The Morgan fingerprint density at radius 2 is 1.94 bits per heavy atom. The fraction of sp³-hybridized carbons (Fsp3) is 0.318. The Morgan fingerprint density at radius 1 is 1.19 bits per heavy atom. The molecule has 0 aliphatic carbocycles. The Bertz CT molecular complexity index is 1140. The van der Waals surface area contributed by atoms with Crippen LogP contribution in [0.25, 0.3) is 10.9 Å². The van der Waals surface area contributed by atoms with E-state index in [-0.39, 0.29) is 11.4 Å². The number of hydrogen-bond acceptors (Lipinski definition) is 7. The first-order valence-electron chi connectivity index (χ1n) is 9.57. The van der Waals surface area contributed by atoms with E-state index >= 15 is 0 Å². The van der Waals surface area contributed by atoms with Crippen molar-refractivity contribution >= 4 is 38.6 Å². The predicted molar refractivity (Wildman–Crippen MR) is 119 cm³/mol. The molecule has 0 amide bonds. The van der Waals surface area contributed by atoms with Crippen LogP contribution < -0.4 is 10.1 Å². The lowest BCUT2D eigenvalue weighted by atomic mass is 10.0. The quantitative estimate of drug-likeness (QED) is 0.423. The molecule has 0 saturated carbocycles. The van der Waals surface area contributed by atoms with E-state index < -0.39 is 24.5 Å². The lowest BCUT2D eigenvalue weighted by molar-refractivity contribution is -0.0698. The summed E-state index contributed by atoms with van der Waals surface area (Å²) in [6, 6.07) is 9.06. The SMILES string of the molecule is COCC(F)(F)c1cccc([C@@H](C)Nc2nc(C(=O)OC)nc3cc(OC)c(Br)cc23)c1. The van der Waals surface area contributed by atoms with Crippen LogP contribution in [0.15, 0.2) is 40.9 Å². The molecule has 0 bridgehead atoms. The van der Waals surface area contributed by atoms with Crippen LogP contribution in [0.5, 0.6) is 5.75 Å². The number of benzene rings is 2. The van der Waals surface area contributed by atoms with Crippen molar-refractivity contribution in [2.24, 2.45) is 0 Å². The van der Waals surface area contributed by atoms with E-state index in [1.165, 1.54) is 33.5 Å². The Hall–Kier alpha value is -2.85. The van der Waals surface area contributed by atoms with Crippen molar-refractivity contribution in [3.8, 4) is 5.75 Å². The number of nitrogens with zero attached hydrogens (tertiary/aromatic N) is 2. The molecular weight excluding hydrogens is 488 g/mol. The van der Waals surface area contributed by atoms with Crippen LogP contribution in [0.2, 0.25) is 0 Å². The number of nitrogens with one attached hydrogen (secondary N) is 1. The average molecular weight is 510 g/mol. The number of carbonyl (C=O) groups is 1. The molecule has 0 radical (unpaired) electrons. The molecular formula is C22H22BrF2N3O4. The Kier molecular flexibility index (Phi) is 7.25. The lowest BCUT2D eigenvalue weighted by Gasteiger charge is -2.20. The number of carbonyl (C=O) groups excluding carboxylic acids is 1. The van der Waals surface area contributed by atoms with Gasteiger partial charge in [-0.2, -0.15) is 8.78 Å². The zero-order valence-electron chi connectivity index (χ0n) is 17.9. The molecule has 1 aromatic heterocycles. The molecule has 3 rings (SSSR count). The minimum absolute atomic E-state index is 0.139. The summed E-state index contributed by atoms with van der Waals surface area (Å²) in [7, 11) is 3.98. The second-order valence-corrected chi connectivity index (χ2v) is 7.87. The number of ether oxygens (including phenoxy) is 3. The Balaban J connectivity index is 2.04. The maximum absolute atomic E-state index is 14.3. The molecule has 2 aromatic carbocycles. The molecule has 1 N–H and O–H groups in total. The Labute approximate surface area is 192 Å². The van der Waals surface area contributed by atoms with Gasteiger partial charge in [-0.25, -0.2) is 14.8 Å². The highest BCUT2D eigenvalue weighted by molar-refractivity contribution is 9.10. The number of fused-ring (bicyclic) bond motifs is 1. The van der Waals surface area contributed by atoms with Gasteiger partial charge in [-0.05, 0) is 40.5 Å². The van der Waals surface area contributed by atoms with Gasteiger partial charge < -0.3 is 19.5 Å². The minimum Gasteiger partial charge on any atom is -0.495 e. The smallest absolute Gasteiger partial charge is 0.376 e. The maximum atomic E-state index is 14.3.